The number of hydrogen-bond acceptors (Lipinski definition) is 3. The Hall–Kier alpha value is -1.36. The predicted octanol–water partition coefficient (Wildman–Crippen LogP) is 1.81. The number of aromatic nitrogens is 2. The van der Waals surface area contributed by atoms with Crippen LogP contribution in [0.1, 0.15) is 32.0 Å². The standard InChI is InChI=1S/C12H19ClN4O/c1-12(2,3)10-9(6-14-8-17-10)7-16-11(18)15-5-4-13/h6,8H,4-5,7H2,1-3H3,(H2,15,16,18). The second-order valence-electron chi connectivity index (χ2n) is 4.95. The predicted molar refractivity (Wildman–Crippen MR) is 71.7 cm³/mol. The molecular weight excluding hydrogens is 252 g/mol. The minimum atomic E-state index is -0.237. The summed E-state index contributed by atoms with van der Waals surface area (Å²) in [5, 5.41) is 5.40. The molecule has 0 unspecified atom stereocenters. The SMILES string of the molecule is CC(C)(C)c1ncncc1CNC(=O)NCCCl. The first-order valence-corrected chi connectivity index (χ1v) is 6.35. The van der Waals surface area contributed by atoms with Gasteiger partial charge in [-0.15, -0.1) is 11.6 Å². The van der Waals surface area contributed by atoms with E-state index >= 15 is 0 Å². The van der Waals surface area contributed by atoms with Gasteiger partial charge in [0.15, 0.2) is 0 Å². The van der Waals surface area contributed by atoms with Gasteiger partial charge in [0, 0.05) is 36.1 Å². The highest BCUT2D eigenvalue weighted by Gasteiger charge is 2.19. The number of rotatable bonds is 4. The first-order chi connectivity index (χ1) is 8.45. The molecule has 2 N–H and O–H groups in total. The maximum absolute atomic E-state index is 11.4. The molecule has 18 heavy (non-hydrogen) atoms. The van der Waals surface area contributed by atoms with Gasteiger partial charge in [0.05, 0.1) is 5.69 Å². The van der Waals surface area contributed by atoms with E-state index in [-0.39, 0.29) is 11.4 Å². The number of hydrogen-bond donors (Lipinski definition) is 2. The topological polar surface area (TPSA) is 66.9 Å². The van der Waals surface area contributed by atoms with Gasteiger partial charge in [0.25, 0.3) is 0 Å². The van der Waals surface area contributed by atoms with Crippen molar-refractivity contribution in [1.29, 1.82) is 0 Å². The van der Waals surface area contributed by atoms with Crippen molar-refractivity contribution in [2.45, 2.75) is 32.7 Å². The number of carbonyl (C=O) groups is 1. The Kier molecular flexibility index (Phi) is 5.34. The van der Waals surface area contributed by atoms with Crippen molar-refractivity contribution in [3.8, 4) is 0 Å². The zero-order valence-corrected chi connectivity index (χ0v) is 11.7. The van der Waals surface area contributed by atoms with E-state index in [1.54, 1.807) is 6.20 Å². The summed E-state index contributed by atoms with van der Waals surface area (Å²) in [4.78, 5) is 19.7. The van der Waals surface area contributed by atoms with Crippen molar-refractivity contribution >= 4 is 17.6 Å². The number of nitrogens with one attached hydrogen (secondary N) is 2. The Morgan fingerprint density at radius 1 is 1.39 bits per heavy atom. The molecule has 2 amide bonds. The van der Waals surface area contributed by atoms with E-state index in [4.69, 9.17) is 11.6 Å². The molecule has 0 aliphatic rings. The number of halogens is 1. The van der Waals surface area contributed by atoms with Crippen molar-refractivity contribution in [2.75, 3.05) is 12.4 Å². The third-order valence-electron chi connectivity index (χ3n) is 2.32. The van der Waals surface area contributed by atoms with Gasteiger partial charge < -0.3 is 10.6 Å². The van der Waals surface area contributed by atoms with Gasteiger partial charge in [0.1, 0.15) is 6.33 Å². The van der Waals surface area contributed by atoms with Crippen LogP contribution in [0.15, 0.2) is 12.5 Å². The number of carbonyl (C=O) groups excluding carboxylic acids is 1. The van der Waals surface area contributed by atoms with Gasteiger partial charge >= 0.3 is 6.03 Å². The van der Waals surface area contributed by atoms with Crippen LogP contribution in [0.2, 0.25) is 0 Å². The molecule has 0 saturated carbocycles. The Bertz CT molecular complexity index is 403. The fraction of sp³-hybridized carbons (Fsp3) is 0.583. The van der Waals surface area contributed by atoms with Crippen molar-refractivity contribution < 1.29 is 4.79 Å². The largest absolute Gasteiger partial charge is 0.337 e. The molecule has 0 aliphatic heterocycles. The molecule has 0 bridgehead atoms. The van der Waals surface area contributed by atoms with Crippen molar-refractivity contribution in [3.63, 3.8) is 0 Å². The third-order valence-corrected chi connectivity index (χ3v) is 2.51. The van der Waals surface area contributed by atoms with E-state index in [9.17, 15) is 4.79 Å². The van der Waals surface area contributed by atoms with E-state index in [1.165, 1.54) is 6.33 Å². The summed E-state index contributed by atoms with van der Waals surface area (Å²) < 4.78 is 0. The minimum Gasteiger partial charge on any atom is -0.337 e. The van der Waals surface area contributed by atoms with E-state index in [0.717, 1.165) is 11.3 Å². The Morgan fingerprint density at radius 2 is 2.11 bits per heavy atom. The van der Waals surface area contributed by atoms with E-state index in [2.05, 4.69) is 41.4 Å². The van der Waals surface area contributed by atoms with Crippen LogP contribution in [-0.2, 0) is 12.0 Å². The molecule has 0 aromatic carbocycles. The average Bonchev–Trinajstić information content (AvgIpc) is 2.33. The maximum atomic E-state index is 11.4. The van der Waals surface area contributed by atoms with Crippen LogP contribution in [0, 0.1) is 0 Å². The van der Waals surface area contributed by atoms with E-state index in [0.29, 0.717) is 19.0 Å². The summed E-state index contributed by atoms with van der Waals surface area (Å²) in [5.41, 5.74) is 1.79. The normalized spacial score (nSPS) is 11.1. The summed E-state index contributed by atoms with van der Waals surface area (Å²) in [7, 11) is 0. The molecule has 6 heteroatoms. The van der Waals surface area contributed by atoms with Crippen molar-refractivity contribution in [2.24, 2.45) is 0 Å². The van der Waals surface area contributed by atoms with E-state index < -0.39 is 0 Å². The Balaban J connectivity index is 2.65. The zero-order valence-electron chi connectivity index (χ0n) is 11.0. The lowest BCUT2D eigenvalue weighted by Gasteiger charge is -2.21. The minimum absolute atomic E-state index is 0.0768. The summed E-state index contributed by atoms with van der Waals surface area (Å²) in [6.45, 7) is 7.08. The number of nitrogens with zero attached hydrogens (tertiary/aromatic N) is 2. The summed E-state index contributed by atoms with van der Waals surface area (Å²) in [6.07, 6.45) is 3.26. The van der Waals surface area contributed by atoms with Crippen LogP contribution in [0.25, 0.3) is 0 Å². The molecule has 0 saturated heterocycles. The summed E-state index contributed by atoms with van der Waals surface area (Å²) >= 11 is 5.49. The van der Waals surface area contributed by atoms with Gasteiger partial charge in [-0.05, 0) is 0 Å². The fourth-order valence-electron chi connectivity index (χ4n) is 1.56. The highest BCUT2D eigenvalue weighted by atomic mass is 35.5. The molecule has 1 rings (SSSR count). The lowest BCUT2D eigenvalue weighted by atomic mass is 9.89. The smallest absolute Gasteiger partial charge is 0.315 e. The average molecular weight is 271 g/mol. The molecule has 100 valence electrons. The second-order valence-corrected chi connectivity index (χ2v) is 5.32. The van der Waals surface area contributed by atoms with Crippen LogP contribution in [0.3, 0.4) is 0 Å². The highest BCUT2D eigenvalue weighted by molar-refractivity contribution is 6.18. The van der Waals surface area contributed by atoms with Crippen LogP contribution in [0.4, 0.5) is 4.79 Å². The molecule has 0 atom stereocenters. The van der Waals surface area contributed by atoms with Gasteiger partial charge in [-0.25, -0.2) is 14.8 Å². The van der Waals surface area contributed by atoms with Crippen molar-refractivity contribution in [1.82, 2.24) is 20.6 Å². The summed E-state index contributed by atoms with van der Waals surface area (Å²) in [6, 6.07) is -0.237. The van der Waals surface area contributed by atoms with Gasteiger partial charge in [-0.1, -0.05) is 20.8 Å². The Labute approximate surface area is 112 Å². The van der Waals surface area contributed by atoms with Crippen LogP contribution >= 0.6 is 11.6 Å². The maximum Gasteiger partial charge on any atom is 0.315 e. The third kappa shape index (κ3) is 4.49. The highest BCUT2D eigenvalue weighted by Crippen LogP contribution is 2.22. The monoisotopic (exact) mass is 270 g/mol. The number of amides is 2. The fourth-order valence-corrected chi connectivity index (χ4v) is 1.66. The molecule has 0 radical (unpaired) electrons. The first kappa shape index (κ1) is 14.7. The number of urea groups is 1. The molecule has 1 aromatic heterocycles. The molecule has 0 aliphatic carbocycles. The quantitative estimate of drug-likeness (QED) is 0.820. The molecule has 1 aromatic rings. The molecule has 5 nitrogen and oxygen atoms in total. The van der Waals surface area contributed by atoms with Gasteiger partial charge in [-0.3, -0.25) is 0 Å². The van der Waals surface area contributed by atoms with Crippen LogP contribution < -0.4 is 10.6 Å². The zero-order chi connectivity index (χ0) is 13.6. The molecule has 0 fully saturated rings. The first-order valence-electron chi connectivity index (χ1n) is 5.82. The second kappa shape index (κ2) is 6.54. The lowest BCUT2D eigenvalue weighted by molar-refractivity contribution is 0.241. The molecule has 0 spiro atoms. The van der Waals surface area contributed by atoms with E-state index in [1.807, 2.05) is 0 Å². The Morgan fingerprint density at radius 3 is 2.72 bits per heavy atom. The van der Waals surface area contributed by atoms with Crippen LogP contribution in [-0.4, -0.2) is 28.4 Å². The lowest BCUT2D eigenvalue weighted by Crippen LogP contribution is -2.36. The van der Waals surface area contributed by atoms with Crippen LogP contribution in [0.5, 0.6) is 0 Å². The van der Waals surface area contributed by atoms with Crippen molar-refractivity contribution in [3.05, 3.63) is 23.8 Å². The van der Waals surface area contributed by atoms with Gasteiger partial charge in [0.2, 0.25) is 0 Å². The summed E-state index contributed by atoms with van der Waals surface area (Å²) in [5.74, 6) is 0.398. The number of alkyl halides is 1. The molecular formula is C12H19ClN4O. The van der Waals surface area contributed by atoms with Gasteiger partial charge in [-0.2, -0.15) is 0 Å². The molecule has 1 heterocycles.